The highest BCUT2D eigenvalue weighted by molar-refractivity contribution is 7.71. The second-order valence-electron chi connectivity index (χ2n) is 4.82. The number of nitrogens with zero attached hydrogens (tertiary/aromatic N) is 1. The monoisotopic (exact) mass is 373 g/mol. The molecule has 1 aliphatic heterocycles. The molecule has 10 nitrogen and oxygen atoms in total. The Hall–Kier alpha value is -0.980. The number of alkyl halides is 1. The first-order chi connectivity index (χ1) is 10.8. The Labute approximate surface area is 134 Å². The first-order valence-electron chi connectivity index (χ1n) is 6.58. The summed E-state index contributed by atoms with van der Waals surface area (Å²) in [5, 5.41) is 19.7. The van der Waals surface area contributed by atoms with Gasteiger partial charge in [0.25, 0.3) is 5.85 Å². The van der Waals surface area contributed by atoms with E-state index in [9.17, 15) is 24.0 Å². The van der Waals surface area contributed by atoms with E-state index >= 15 is 0 Å². The second-order valence-corrected chi connectivity index (χ2v) is 6.47. The zero-order valence-corrected chi connectivity index (χ0v) is 13.3. The van der Waals surface area contributed by atoms with Crippen LogP contribution in [0.1, 0.15) is 13.1 Å². The van der Waals surface area contributed by atoms with Crippen LogP contribution in [0.15, 0.2) is 11.0 Å². The van der Waals surface area contributed by atoms with E-state index in [-0.39, 0.29) is 4.64 Å². The molecular weight excluding hydrogens is 358 g/mol. The summed E-state index contributed by atoms with van der Waals surface area (Å²) in [4.78, 5) is 31.3. The average Bonchev–Trinajstić information content (AvgIpc) is 2.62. The van der Waals surface area contributed by atoms with Crippen LogP contribution in [0.3, 0.4) is 0 Å². The lowest BCUT2D eigenvalue weighted by Crippen LogP contribution is -2.42. The zero-order chi connectivity index (χ0) is 18.5. The molecule has 1 aromatic heterocycles. The van der Waals surface area contributed by atoms with Crippen molar-refractivity contribution in [3.05, 3.63) is 26.9 Å². The summed E-state index contributed by atoms with van der Waals surface area (Å²) < 4.78 is 42.4. The van der Waals surface area contributed by atoms with Crippen LogP contribution >= 0.6 is 20.0 Å². The highest BCUT2D eigenvalue weighted by Gasteiger charge is 2.57. The van der Waals surface area contributed by atoms with Crippen LogP contribution in [-0.4, -0.2) is 54.2 Å². The highest BCUT2D eigenvalue weighted by atomic mass is 32.1. The van der Waals surface area contributed by atoms with Gasteiger partial charge >= 0.3 is 13.5 Å². The number of aliphatic hydroxyl groups excluding tert-OH is 2. The smallest absolute Gasteiger partial charge is 0.385 e. The minimum atomic E-state index is -5.11. The number of aliphatic hydroxyl groups is 2. The molecule has 0 bridgehead atoms. The molecule has 2 heterocycles. The van der Waals surface area contributed by atoms with Crippen LogP contribution in [0.25, 0.3) is 0 Å². The van der Waals surface area contributed by atoms with Crippen LogP contribution in [0.4, 0.5) is 4.39 Å². The Kier molecular flexibility index (Phi) is 4.51. The Balaban J connectivity index is 2.45. The van der Waals surface area contributed by atoms with Crippen molar-refractivity contribution in [2.24, 2.45) is 0 Å². The van der Waals surface area contributed by atoms with Crippen molar-refractivity contribution < 1.29 is 39.6 Å². The summed E-state index contributed by atoms with van der Waals surface area (Å²) in [6, 6.07) is 0. The number of halogens is 1. The first kappa shape index (κ1) is 16.9. The molecule has 2 rings (SSSR count). The van der Waals surface area contributed by atoms with E-state index in [1.807, 2.05) is 0 Å². The highest BCUT2D eigenvalue weighted by Crippen LogP contribution is 2.43. The van der Waals surface area contributed by atoms with Crippen molar-refractivity contribution in [1.29, 1.82) is 0 Å². The van der Waals surface area contributed by atoms with Crippen molar-refractivity contribution >= 4 is 20.0 Å². The number of phosphoric acid groups is 1. The maximum absolute atomic E-state index is 14.6. The SMILES string of the molecule is [2H][C@@]1(n2cc(C)c(=S)[nH]c2=O)O[C@](F)(COP(=O)(O)O)[C@@H](O)[C@H]1O. The molecule has 13 heteroatoms. The minimum Gasteiger partial charge on any atom is -0.385 e. The number of H-pyrrole nitrogens is 1. The number of aromatic amines is 1. The maximum Gasteiger partial charge on any atom is 0.469 e. The molecule has 1 saturated heterocycles. The van der Waals surface area contributed by atoms with E-state index in [0.717, 1.165) is 6.20 Å². The fourth-order valence-corrected chi connectivity index (χ4v) is 2.36. The summed E-state index contributed by atoms with van der Waals surface area (Å²) in [7, 11) is -5.11. The van der Waals surface area contributed by atoms with E-state index in [1.54, 1.807) is 0 Å². The van der Waals surface area contributed by atoms with Gasteiger partial charge in [-0.05, 0) is 6.92 Å². The molecule has 130 valence electrons. The molecule has 0 saturated carbocycles. The normalized spacial score (nSPS) is 35.3. The van der Waals surface area contributed by atoms with Gasteiger partial charge in [-0.25, -0.2) is 13.8 Å². The molecule has 1 aromatic rings. The second kappa shape index (κ2) is 6.15. The van der Waals surface area contributed by atoms with Gasteiger partial charge in [-0.1, -0.05) is 12.2 Å². The largest absolute Gasteiger partial charge is 0.469 e. The lowest BCUT2D eigenvalue weighted by molar-refractivity contribution is -0.205. The third-order valence-corrected chi connectivity index (χ3v) is 3.94. The number of aryl methyl sites for hydroxylation is 1. The topological polar surface area (TPSA) is 154 Å². The third-order valence-electron chi connectivity index (χ3n) is 3.06. The van der Waals surface area contributed by atoms with E-state index in [1.165, 1.54) is 6.92 Å². The molecule has 1 fully saturated rings. The van der Waals surface area contributed by atoms with E-state index in [2.05, 4.69) is 14.2 Å². The Bertz CT molecular complexity index is 813. The van der Waals surface area contributed by atoms with Crippen LogP contribution in [0, 0.1) is 11.6 Å². The number of hydrogen-bond donors (Lipinski definition) is 5. The summed E-state index contributed by atoms with van der Waals surface area (Å²) >= 11 is 4.83. The van der Waals surface area contributed by atoms with Gasteiger partial charge in [-0.15, -0.1) is 0 Å². The summed E-state index contributed by atoms with van der Waals surface area (Å²) in [5.74, 6) is -3.34. The Morgan fingerprint density at radius 1 is 1.65 bits per heavy atom. The summed E-state index contributed by atoms with van der Waals surface area (Å²) in [6.45, 7) is -0.0117. The average molecular weight is 373 g/mol. The van der Waals surface area contributed by atoms with Crippen LogP contribution < -0.4 is 5.69 Å². The van der Waals surface area contributed by atoms with Crippen LogP contribution in [-0.2, 0) is 13.8 Å². The Morgan fingerprint density at radius 2 is 2.26 bits per heavy atom. The number of phosphoric ester groups is 1. The van der Waals surface area contributed by atoms with Gasteiger partial charge in [0.2, 0.25) is 0 Å². The summed E-state index contributed by atoms with van der Waals surface area (Å²) in [5.41, 5.74) is -0.726. The molecule has 4 atom stereocenters. The molecule has 0 aromatic carbocycles. The fraction of sp³-hybridized carbons (Fsp3) is 0.600. The molecule has 0 amide bonds. The van der Waals surface area contributed by atoms with Crippen molar-refractivity contribution in [1.82, 2.24) is 9.55 Å². The Morgan fingerprint density at radius 3 is 2.83 bits per heavy atom. The molecule has 23 heavy (non-hydrogen) atoms. The number of aromatic nitrogens is 2. The molecule has 0 radical (unpaired) electrons. The zero-order valence-electron chi connectivity index (χ0n) is 12.5. The van der Waals surface area contributed by atoms with Crippen LogP contribution in [0.5, 0.6) is 0 Å². The fourth-order valence-electron chi connectivity index (χ4n) is 1.87. The number of rotatable bonds is 4. The van der Waals surface area contributed by atoms with Gasteiger partial charge in [-0.2, -0.15) is 0 Å². The maximum atomic E-state index is 14.6. The van der Waals surface area contributed by atoms with Crippen molar-refractivity contribution in [3.8, 4) is 0 Å². The van der Waals surface area contributed by atoms with E-state index in [4.69, 9.17) is 23.4 Å². The summed E-state index contributed by atoms with van der Waals surface area (Å²) in [6.07, 6.45) is -6.51. The first-order valence-corrected chi connectivity index (χ1v) is 8.02. The van der Waals surface area contributed by atoms with Gasteiger partial charge in [-0.3, -0.25) is 14.1 Å². The van der Waals surface area contributed by atoms with Crippen molar-refractivity contribution in [2.45, 2.75) is 31.2 Å². The molecular formula is C10H14FN2O8PS. The number of ether oxygens (including phenoxy) is 1. The third kappa shape index (κ3) is 3.75. The lowest BCUT2D eigenvalue weighted by Gasteiger charge is -2.22. The number of nitrogens with one attached hydrogen (secondary N) is 1. The molecule has 0 unspecified atom stereocenters. The predicted molar refractivity (Wildman–Crippen MR) is 74.6 cm³/mol. The van der Waals surface area contributed by atoms with Crippen molar-refractivity contribution in [3.63, 3.8) is 0 Å². The lowest BCUT2D eigenvalue weighted by atomic mass is 10.1. The van der Waals surface area contributed by atoms with E-state index < -0.39 is 44.4 Å². The predicted octanol–water partition coefficient (Wildman–Crippen LogP) is -0.760. The van der Waals surface area contributed by atoms with Gasteiger partial charge in [0.05, 0.1) is 1.37 Å². The van der Waals surface area contributed by atoms with E-state index in [0.29, 0.717) is 10.1 Å². The number of hydrogen-bond acceptors (Lipinski definition) is 7. The quantitative estimate of drug-likeness (QED) is 0.338. The molecule has 5 N–H and O–H groups in total. The molecule has 1 aliphatic rings. The van der Waals surface area contributed by atoms with Crippen LogP contribution in [0.2, 0.25) is 0 Å². The van der Waals surface area contributed by atoms with Gasteiger partial charge in [0, 0.05) is 11.8 Å². The van der Waals surface area contributed by atoms with Gasteiger partial charge in [0.15, 0.2) is 6.20 Å². The standard InChI is InChI=1S/C10H14FN2O8PS/c1-4-2-13(9(16)12-7(4)23)8-5(14)6(15)10(11,21-8)3-20-22(17,18)19/h2,5-6,8,14-15H,3H2,1H3,(H,12,16,23)(H2,17,18,19)/t5-,6+,8-,10-/m1/s1/i8D. The molecule has 0 spiro atoms. The van der Waals surface area contributed by atoms with Gasteiger partial charge < -0.3 is 24.7 Å². The van der Waals surface area contributed by atoms with Gasteiger partial charge in [0.1, 0.15) is 23.5 Å². The van der Waals surface area contributed by atoms with Crippen molar-refractivity contribution in [2.75, 3.05) is 6.61 Å². The molecule has 0 aliphatic carbocycles. The minimum absolute atomic E-state index is 0.0456.